The second kappa shape index (κ2) is 5.75. The minimum atomic E-state index is -0.738. The van der Waals surface area contributed by atoms with Gasteiger partial charge in [0.15, 0.2) is 0 Å². The third-order valence-corrected chi connectivity index (χ3v) is 3.06. The Balaban J connectivity index is 2.32. The van der Waals surface area contributed by atoms with Gasteiger partial charge in [0.1, 0.15) is 11.4 Å². The van der Waals surface area contributed by atoms with Gasteiger partial charge in [0, 0.05) is 13.1 Å². The van der Waals surface area contributed by atoms with Crippen LogP contribution in [0.25, 0.3) is 0 Å². The molecular weight excluding hydrogens is 260 g/mol. The summed E-state index contributed by atoms with van der Waals surface area (Å²) in [5.41, 5.74) is 0.972. The molecule has 6 nitrogen and oxygen atoms in total. The molecule has 0 spiro atoms. The number of aliphatic hydroxyl groups excluding tert-OH is 1. The molecule has 1 N–H and O–H groups in total. The molecule has 0 aliphatic heterocycles. The van der Waals surface area contributed by atoms with Gasteiger partial charge in [0.2, 0.25) is 0 Å². The van der Waals surface area contributed by atoms with Crippen LogP contribution in [-0.2, 0) is 6.54 Å². The standard InChI is InChI=1S/C14H16N2O4/c1-10(17)11-5-6-13(14(8-11)16(18)19)15(2)9-12-4-3-7-20-12/h3-8,10,17H,9H2,1-2H3. The van der Waals surface area contributed by atoms with E-state index in [1.165, 1.54) is 6.07 Å². The summed E-state index contributed by atoms with van der Waals surface area (Å²) in [4.78, 5) is 12.5. The zero-order chi connectivity index (χ0) is 14.7. The maximum Gasteiger partial charge on any atom is 0.292 e. The topological polar surface area (TPSA) is 79.8 Å². The fourth-order valence-electron chi connectivity index (χ4n) is 1.99. The normalized spacial score (nSPS) is 12.2. The number of aliphatic hydroxyl groups is 1. The first kappa shape index (κ1) is 14.1. The van der Waals surface area contributed by atoms with Gasteiger partial charge in [-0.05, 0) is 30.7 Å². The number of hydrogen-bond acceptors (Lipinski definition) is 5. The van der Waals surface area contributed by atoms with Crippen molar-refractivity contribution < 1.29 is 14.4 Å². The Bertz CT molecular complexity index is 593. The smallest absolute Gasteiger partial charge is 0.292 e. The molecule has 1 heterocycles. The molecule has 1 atom stereocenters. The van der Waals surface area contributed by atoms with E-state index in [-0.39, 0.29) is 5.69 Å². The van der Waals surface area contributed by atoms with Crippen molar-refractivity contribution in [2.75, 3.05) is 11.9 Å². The molecule has 2 rings (SSSR count). The van der Waals surface area contributed by atoms with Crippen molar-refractivity contribution in [2.24, 2.45) is 0 Å². The van der Waals surface area contributed by atoms with E-state index >= 15 is 0 Å². The third-order valence-electron chi connectivity index (χ3n) is 3.06. The molecule has 0 aliphatic rings. The minimum Gasteiger partial charge on any atom is -0.467 e. The van der Waals surface area contributed by atoms with E-state index in [0.717, 1.165) is 5.76 Å². The van der Waals surface area contributed by atoms with Crippen LogP contribution in [0.5, 0.6) is 0 Å². The van der Waals surface area contributed by atoms with Crippen LogP contribution in [0.15, 0.2) is 41.0 Å². The van der Waals surface area contributed by atoms with Gasteiger partial charge in [0.05, 0.1) is 23.8 Å². The van der Waals surface area contributed by atoms with Crippen LogP contribution in [0.1, 0.15) is 24.4 Å². The van der Waals surface area contributed by atoms with Crippen LogP contribution in [-0.4, -0.2) is 17.1 Å². The monoisotopic (exact) mass is 276 g/mol. The van der Waals surface area contributed by atoms with Crippen LogP contribution in [0.2, 0.25) is 0 Å². The largest absolute Gasteiger partial charge is 0.467 e. The maximum absolute atomic E-state index is 11.2. The van der Waals surface area contributed by atoms with E-state index in [2.05, 4.69) is 0 Å². The molecule has 6 heteroatoms. The fourth-order valence-corrected chi connectivity index (χ4v) is 1.99. The van der Waals surface area contributed by atoms with Crippen molar-refractivity contribution in [3.63, 3.8) is 0 Å². The van der Waals surface area contributed by atoms with Gasteiger partial charge in [-0.25, -0.2) is 0 Å². The third kappa shape index (κ3) is 2.97. The molecular formula is C14H16N2O4. The van der Waals surface area contributed by atoms with E-state index in [1.807, 2.05) is 6.07 Å². The van der Waals surface area contributed by atoms with E-state index in [1.54, 1.807) is 43.3 Å². The number of furan rings is 1. The molecule has 0 bridgehead atoms. The highest BCUT2D eigenvalue weighted by Gasteiger charge is 2.19. The second-order valence-corrected chi connectivity index (χ2v) is 4.62. The van der Waals surface area contributed by atoms with Crippen LogP contribution >= 0.6 is 0 Å². The van der Waals surface area contributed by atoms with Gasteiger partial charge in [-0.3, -0.25) is 10.1 Å². The first-order valence-electron chi connectivity index (χ1n) is 6.19. The van der Waals surface area contributed by atoms with Crippen molar-refractivity contribution >= 4 is 11.4 Å². The molecule has 106 valence electrons. The lowest BCUT2D eigenvalue weighted by atomic mass is 10.1. The lowest BCUT2D eigenvalue weighted by Crippen LogP contribution is -2.17. The number of anilines is 1. The summed E-state index contributed by atoms with van der Waals surface area (Å²) < 4.78 is 5.24. The van der Waals surface area contributed by atoms with Crippen molar-refractivity contribution in [3.8, 4) is 0 Å². The van der Waals surface area contributed by atoms with Crippen molar-refractivity contribution in [1.29, 1.82) is 0 Å². The van der Waals surface area contributed by atoms with E-state index < -0.39 is 11.0 Å². The first-order chi connectivity index (χ1) is 9.49. The summed E-state index contributed by atoms with van der Waals surface area (Å²) in [6.07, 6.45) is 0.826. The van der Waals surface area contributed by atoms with E-state index in [4.69, 9.17) is 4.42 Å². The summed E-state index contributed by atoms with van der Waals surface area (Å²) >= 11 is 0. The summed E-state index contributed by atoms with van der Waals surface area (Å²) in [5.74, 6) is 0.724. The zero-order valence-corrected chi connectivity index (χ0v) is 11.3. The number of rotatable bonds is 5. The Morgan fingerprint density at radius 3 is 2.75 bits per heavy atom. The van der Waals surface area contributed by atoms with Crippen LogP contribution in [0.4, 0.5) is 11.4 Å². The van der Waals surface area contributed by atoms with Gasteiger partial charge in [-0.1, -0.05) is 6.07 Å². The molecule has 1 unspecified atom stereocenters. The lowest BCUT2D eigenvalue weighted by molar-refractivity contribution is -0.384. The minimum absolute atomic E-state index is 0.0301. The summed E-state index contributed by atoms with van der Waals surface area (Å²) in [6, 6.07) is 8.31. The molecule has 1 aromatic heterocycles. The Kier molecular flexibility index (Phi) is 4.05. The zero-order valence-electron chi connectivity index (χ0n) is 11.3. The highest BCUT2D eigenvalue weighted by molar-refractivity contribution is 5.64. The van der Waals surface area contributed by atoms with E-state index in [9.17, 15) is 15.2 Å². The molecule has 0 saturated heterocycles. The maximum atomic E-state index is 11.2. The highest BCUT2D eigenvalue weighted by atomic mass is 16.6. The Hall–Kier alpha value is -2.34. The highest BCUT2D eigenvalue weighted by Crippen LogP contribution is 2.31. The summed E-state index contributed by atoms with van der Waals surface area (Å²) in [5, 5.41) is 20.7. The fraction of sp³-hybridized carbons (Fsp3) is 0.286. The van der Waals surface area contributed by atoms with Gasteiger partial charge >= 0.3 is 0 Å². The Labute approximate surface area is 116 Å². The predicted octanol–water partition coefficient (Wildman–Crippen LogP) is 2.88. The molecule has 20 heavy (non-hydrogen) atoms. The summed E-state index contributed by atoms with van der Waals surface area (Å²) in [6.45, 7) is 2.01. The lowest BCUT2D eigenvalue weighted by Gasteiger charge is -2.18. The van der Waals surface area contributed by atoms with Crippen LogP contribution in [0, 0.1) is 10.1 Å². The Morgan fingerprint density at radius 1 is 1.45 bits per heavy atom. The molecule has 1 aromatic carbocycles. The second-order valence-electron chi connectivity index (χ2n) is 4.62. The number of nitro groups is 1. The number of benzene rings is 1. The SMILES string of the molecule is CC(O)c1ccc(N(C)Cc2ccco2)c([N+](=O)[O-])c1. The van der Waals surface area contributed by atoms with Crippen molar-refractivity contribution in [2.45, 2.75) is 19.6 Å². The number of hydrogen-bond donors (Lipinski definition) is 1. The van der Waals surface area contributed by atoms with Crippen molar-refractivity contribution in [1.82, 2.24) is 0 Å². The average Bonchev–Trinajstić information content (AvgIpc) is 2.90. The van der Waals surface area contributed by atoms with Crippen molar-refractivity contribution in [3.05, 3.63) is 58.0 Å². The van der Waals surface area contributed by atoms with Gasteiger partial charge < -0.3 is 14.4 Å². The molecule has 0 aliphatic carbocycles. The van der Waals surface area contributed by atoms with Crippen LogP contribution < -0.4 is 4.90 Å². The molecule has 0 radical (unpaired) electrons. The number of nitro benzene ring substituents is 1. The van der Waals surface area contributed by atoms with Gasteiger partial charge in [0.25, 0.3) is 5.69 Å². The van der Waals surface area contributed by atoms with Gasteiger partial charge in [-0.2, -0.15) is 0 Å². The number of nitrogens with zero attached hydrogens (tertiary/aromatic N) is 2. The average molecular weight is 276 g/mol. The molecule has 0 saturated carbocycles. The summed E-state index contributed by atoms with van der Waals surface area (Å²) in [7, 11) is 1.76. The molecule has 2 aromatic rings. The van der Waals surface area contributed by atoms with Gasteiger partial charge in [-0.15, -0.1) is 0 Å². The van der Waals surface area contributed by atoms with Crippen LogP contribution in [0.3, 0.4) is 0 Å². The first-order valence-corrected chi connectivity index (χ1v) is 6.19. The predicted molar refractivity (Wildman–Crippen MR) is 74.5 cm³/mol. The Morgan fingerprint density at radius 2 is 2.20 bits per heavy atom. The van der Waals surface area contributed by atoms with E-state index in [0.29, 0.717) is 17.8 Å². The molecule has 0 fully saturated rings. The molecule has 0 amide bonds. The quantitative estimate of drug-likeness (QED) is 0.671.